The largest absolute Gasteiger partial charge is 0.497 e. The van der Waals surface area contributed by atoms with Gasteiger partial charge in [-0.25, -0.2) is 0 Å². The molecule has 0 saturated carbocycles. The van der Waals surface area contributed by atoms with Crippen molar-refractivity contribution in [1.82, 2.24) is 10.6 Å². The van der Waals surface area contributed by atoms with Crippen molar-refractivity contribution in [2.75, 3.05) is 26.7 Å². The summed E-state index contributed by atoms with van der Waals surface area (Å²) in [4.78, 5) is 0. The third-order valence-corrected chi connectivity index (χ3v) is 2.56. The van der Waals surface area contributed by atoms with Crippen LogP contribution in [-0.4, -0.2) is 26.7 Å². The Bertz CT molecular complexity index is 283. The van der Waals surface area contributed by atoms with Gasteiger partial charge in [0, 0.05) is 25.7 Å². The third-order valence-electron chi connectivity index (χ3n) is 2.56. The van der Waals surface area contributed by atoms with E-state index in [1.165, 1.54) is 5.56 Å². The molecule has 84 valence electrons. The second-order valence-electron chi connectivity index (χ2n) is 3.48. The Balaban J connectivity index is 0.00000112. The number of piperazine rings is 1. The molecule has 0 radical (unpaired) electrons. The zero-order valence-corrected chi connectivity index (χ0v) is 9.64. The molecule has 1 saturated heterocycles. The first-order chi connectivity index (χ1) is 6.90. The molecule has 1 aliphatic heterocycles. The fourth-order valence-electron chi connectivity index (χ4n) is 1.73. The van der Waals surface area contributed by atoms with Gasteiger partial charge in [-0.2, -0.15) is 0 Å². The van der Waals surface area contributed by atoms with Crippen LogP contribution in [0.2, 0.25) is 0 Å². The van der Waals surface area contributed by atoms with E-state index in [9.17, 15) is 0 Å². The average molecular weight is 229 g/mol. The van der Waals surface area contributed by atoms with Crippen molar-refractivity contribution in [2.24, 2.45) is 0 Å². The van der Waals surface area contributed by atoms with Crippen molar-refractivity contribution in [1.29, 1.82) is 0 Å². The Morgan fingerprint density at radius 3 is 2.47 bits per heavy atom. The van der Waals surface area contributed by atoms with Crippen LogP contribution in [0.3, 0.4) is 0 Å². The smallest absolute Gasteiger partial charge is 0.118 e. The molecule has 1 heterocycles. The Kier molecular flexibility index (Phi) is 4.88. The molecule has 3 nitrogen and oxygen atoms in total. The zero-order valence-electron chi connectivity index (χ0n) is 8.82. The van der Waals surface area contributed by atoms with Crippen molar-refractivity contribution < 1.29 is 4.74 Å². The fourth-order valence-corrected chi connectivity index (χ4v) is 1.73. The minimum Gasteiger partial charge on any atom is -0.497 e. The fraction of sp³-hybridized carbons (Fsp3) is 0.455. The van der Waals surface area contributed by atoms with Gasteiger partial charge in [0.2, 0.25) is 0 Å². The van der Waals surface area contributed by atoms with E-state index in [2.05, 4.69) is 22.8 Å². The van der Waals surface area contributed by atoms with E-state index in [4.69, 9.17) is 4.74 Å². The Labute approximate surface area is 96.6 Å². The molecule has 0 aromatic heterocycles. The van der Waals surface area contributed by atoms with Crippen LogP contribution in [0.5, 0.6) is 5.75 Å². The van der Waals surface area contributed by atoms with Gasteiger partial charge in [0.25, 0.3) is 0 Å². The number of rotatable bonds is 2. The van der Waals surface area contributed by atoms with Gasteiger partial charge in [0.15, 0.2) is 0 Å². The van der Waals surface area contributed by atoms with Gasteiger partial charge < -0.3 is 15.4 Å². The molecule has 0 aliphatic carbocycles. The molecule has 1 aromatic rings. The lowest BCUT2D eigenvalue weighted by Crippen LogP contribution is -2.42. The highest BCUT2D eigenvalue weighted by Gasteiger charge is 2.13. The van der Waals surface area contributed by atoms with E-state index in [0.29, 0.717) is 6.04 Å². The lowest BCUT2D eigenvalue weighted by atomic mass is 10.1. The van der Waals surface area contributed by atoms with Gasteiger partial charge in [-0.05, 0) is 17.7 Å². The normalized spacial score (nSPS) is 20.5. The molecular weight excluding hydrogens is 212 g/mol. The van der Waals surface area contributed by atoms with Crippen LogP contribution in [-0.2, 0) is 0 Å². The van der Waals surface area contributed by atoms with Crippen molar-refractivity contribution in [3.63, 3.8) is 0 Å². The molecule has 2 rings (SSSR count). The Morgan fingerprint density at radius 2 is 1.93 bits per heavy atom. The molecule has 1 atom stereocenters. The molecule has 0 spiro atoms. The van der Waals surface area contributed by atoms with Crippen molar-refractivity contribution in [3.8, 4) is 5.75 Å². The summed E-state index contributed by atoms with van der Waals surface area (Å²) in [5.74, 6) is 0.914. The van der Waals surface area contributed by atoms with Crippen LogP contribution in [0.15, 0.2) is 24.3 Å². The van der Waals surface area contributed by atoms with Crippen molar-refractivity contribution in [2.45, 2.75) is 6.04 Å². The molecule has 0 amide bonds. The number of methoxy groups -OCH3 is 1. The minimum absolute atomic E-state index is 0. The summed E-state index contributed by atoms with van der Waals surface area (Å²) in [6, 6.07) is 8.68. The second kappa shape index (κ2) is 5.95. The van der Waals surface area contributed by atoms with E-state index in [0.717, 1.165) is 25.4 Å². The highest BCUT2D eigenvalue weighted by molar-refractivity contribution is 5.85. The highest BCUT2D eigenvalue weighted by Crippen LogP contribution is 2.17. The molecule has 4 heteroatoms. The van der Waals surface area contributed by atoms with Gasteiger partial charge in [0.05, 0.1) is 7.11 Å². The maximum Gasteiger partial charge on any atom is 0.118 e. The molecule has 2 N–H and O–H groups in total. The van der Waals surface area contributed by atoms with E-state index in [1.807, 2.05) is 12.1 Å². The number of nitrogens with one attached hydrogen (secondary N) is 2. The zero-order chi connectivity index (χ0) is 9.80. The first-order valence-corrected chi connectivity index (χ1v) is 4.98. The van der Waals surface area contributed by atoms with Crippen LogP contribution >= 0.6 is 12.4 Å². The van der Waals surface area contributed by atoms with Crippen molar-refractivity contribution >= 4 is 12.4 Å². The average Bonchev–Trinajstić information content (AvgIpc) is 2.30. The maximum absolute atomic E-state index is 5.12. The second-order valence-corrected chi connectivity index (χ2v) is 3.48. The SMILES string of the molecule is COc1ccc(C2CNCCN2)cc1.Cl. The summed E-state index contributed by atoms with van der Waals surface area (Å²) >= 11 is 0. The third kappa shape index (κ3) is 3.09. The van der Waals surface area contributed by atoms with Crippen LogP contribution < -0.4 is 15.4 Å². The number of hydrogen-bond acceptors (Lipinski definition) is 3. The summed E-state index contributed by atoms with van der Waals surface area (Å²) in [6.07, 6.45) is 0. The van der Waals surface area contributed by atoms with E-state index < -0.39 is 0 Å². The summed E-state index contributed by atoms with van der Waals surface area (Å²) in [6.45, 7) is 3.11. The standard InChI is InChI=1S/C11H16N2O.ClH/c1-14-10-4-2-9(3-5-10)11-8-12-6-7-13-11;/h2-5,11-13H,6-8H2,1H3;1H. The van der Waals surface area contributed by atoms with Crippen LogP contribution in [0.25, 0.3) is 0 Å². The van der Waals surface area contributed by atoms with Gasteiger partial charge in [-0.1, -0.05) is 12.1 Å². The molecule has 15 heavy (non-hydrogen) atoms. The van der Waals surface area contributed by atoms with E-state index in [1.54, 1.807) is 7.11 Å². The molecular formula is C11H17ClN2O. The number of benzene rings is 1. The van der Waals surface area contributed by atoms with E-state index >= 15 is 0 Å². The minimum atomic E-state index is 0. The summed E-state index contributed by atoms with van der Waals surface area (Å²) in [7, 11) is 1.69. The van der Waals surface area contributed by atoms with Crippen LogP contribution in [0.1, 0.15) is 11.6 Å². The number of ether oxygens (including phenoxy) is 1. The first-order valence-electron chi connectivity index (χ1n) is 4.98. The Hall–Kier alpha value is -0.770. The Morgan fingerprint density at radius 1 is 1.20 bits per heavy atom. The molecule has 1 unspecified atom stereocenters. The molecule has 0 bridgehead atoms. The summed E-state index contributed by atoms with van der Waals surface area (Å²) in [5.41, 5.74) is 1.32. The maximum atomic E-state index is 5.12. The van der Waals surface area contributed by atoms with Gasteiger partial charge >= 0.3 is 0 Å². The topological polar surface area (TPSA) is 33.3 Å². The lowest BCUT2D eigenvalue weighted by Gasteiger charge is -2.24. The van der Waals surface area contributed by atoms with Crippen molar-refractivity contribution in [3.05, 3.63) is 29.8 Å². The molecule has 1 aromatic carbocycles. The summed E-state index contributed by atoms with van der Waals surface area (Å²) < 4.78 is 5.12. The quantitative estimate of drug-likeness (QED) is 0.802. The van der Waals surface area contributed by atoms with Crippen LogP contribution in [0, 0.1) is 0 Å². The number of halogens is 1. The number of hydrogen-bond donors (Lipinski definition) is 2. The highest BCUT2D eigenvalue weighted by atomic mass is 35.5. The monoisotopic (exact) mass is 228 g/mol. The first kappa shape index (κ1) is 12.3. The molecule has 1 fully saturated rings. The predicted octanol–water partition coefficient (Wildman–Crippen LogP) is 1.35. The van der Waals surface area contributed by atoms with Gasteiger partial charge in [-0.15, -0.1) is 12.4 Å². The van der Waals surface area contributed by atoms with Gasteiger partial charge in [-0.3, -0.25) is 0 Å². The predicted molar refractivity (Wildman–Crippen MR) is 63.9 cm³/mol. The van der Waals surface area contributed by atoms with Gasteiger partial charge in [0.1, 0.15) is 5.75 Å². The lowest BCUT2D eigenvalue weighted by molar-refractivity contribution is 0.412. The molecule has 1 aliphatic rings. The van der Waals surface area contributed by atoms with E-state index in [-0.39, 0.29) is 12.4 Å². The summed E-state index contributed by atoms with van der Waals surface area (Å²) in [5, 5.41) is 6.84. The van der Waals surface area contributed by atoms with Crippen LogP contribution in [0.4, 0.5) is 0 Å².